The fraction of sp³-hybridized carbons (Fsp3) is 0.238. The minimum atomic E-state index is -0.732. The fourth-order valence-electron chi connectivity index (χ4n) is 2.42. The Morgan fingerprint density at radius 2 is 1.68 bits per heavy atom. The first-order valence-electron chi connectivity index (χ1n) is 8.75. The van der Waals surface area contributed by atoms with Crippen molar-refractivity contribution in [3.05, 3.63) is 59.7 Å². The number of carbonyl (C=O) groups is 3. The highest BCUT2D eigenvalue weighted by molar-refractivity contribution is 6.00. The number of carbonyl (C=O) groups excluding carboxylic acids is 3. The number of hydrogen-bond acceptors (Lipinski definition) is 5. The summed E-state index contributed by atoms with van der Waals surface area (Å²) < 4.78 is 5.04. The van der Waals surface area contributed by atoms with E-state index in [-0.39, 0.29) is 11.5 Å². The van der Waals surface area contributed by atoms with Gasteiger partial charge >= 0.3 is 12.0 Å². The van der Waals surface area contributed by atoms with Crippen LogP contribution in [-0.4, -0.2) is 31.1 Å². The lowest BCUT2D eigenvalue weighted by atomic mass is 9.96. The Kier molecular flexibility index (Phi) is 7.28. The van der Waals surface area contributed by atoms with E-state index in [1.165, 1.54) is 0 Å². The molecule has 0 heterocycles. The second kappa shape index (κ2) is 9.88. The van der Waals surface area contributed by atoms with Crippen LogP contribution in [0.25, 0.3) is 11.1 Å². The Morgan fingerprint density at radius 1 is 1.04 bits per heavy atom. The highest BCUT2D eigenvalue weighted by Gasteiger charge is 2.17. The molecule has 144 valence electrons. The summed E-state index contributed by atoms with van der Waals surface area (Å²) in [5, 5.41) is 13.9. The van der Waals surface area contributed by atoms with E-state index in [1.807, 2.05) is 13.8 Å². The van der Waals surface area contributed by atoms with E-state index in [2.05, 4.69) is 16.7 Å². The molecule has 0 aliphatic heterocycles. The van der Waals surface area contributed by atoms with Crippen LogP contribution in [0, 0.1) is 17.2 Å². The molecule has 3 amide bonds. The third-order valence-corrected chi connectivity index (χ3v) is 3.74. The lowest BCUT2D eigenvalue weighted by Gasteiger charge is -2.11. The maximum Gasteiger partial charge on any atom is 0.339 e. The third-order valence-electron chi connectivity index (χ3n) is 3.74. The maximum absolute atomic E-state index is 12.5. The fourth-order valence-corrected chi connectivity index (χ4v) is 2.42. The second-order valence-electron chi connectivity index (χ2n) is 6.43. The number of nitrogens with one attached hydrogen (secondary N) is 2. The van der Waals surface area contributed by atoms with Gasteiger partial charge in [0.15, 0.2) is 6.61 Å². The Hall–Kier alpha value is -3.66. The molecule has 0 aliphatic carbocycles. The van der Waals surface area contributed by atoms with Crippen molar-refractivity contribution in [3.63, 3.8) is 0 Å². The van der Waals surface area contributed by atoms with Gasteiger partial charge in [-0.05, 0) is 23.6 Å². The van der Waals surface area contributed by atoms with E-state index in [4.69, 9.17) is 4.74 Å². The molecule has 0 saturated heterocycles. The van der Waals surface area contributed by atoms with Gasteiger partial charge in [0, 0.05) is 12.1 Å². The van der Waals surface area contributed by atoms with E-state index < -0.39 is 24.5 Å². The van der Waals surface area contributed by atoms with Crippen molar-refractivity contribution in [2.24, 2.45) is 5.92 Å². The number of urea groups is 1. The van der Waals surface area contributed by atoms with Crippen LogP contribution in [0.5, 0.6) is 0 Å². The van der Waals surface area contributed by atoms with Gasteiger partial charge in [-0.1, -0.05) is 50.2 Å². The van der Waals surface area contributed by atoms with Crippen molar-refractivity contribution in [3.8, 4) is 17.2 Å². The van der Waals surface area contributed by atoms with Crippen LogP contribution in [0.2, 0.25) is 0 Å². The zero-order chi connectivity index (χ0) is 20.5. The van der Waals surface area contributed by atoms with Gasteiger partial charge in [-0.3, -0.25) is 10.1 Å². The molecule has 0 saturated carbocycles. The maximum atomic E-state index is 12.5. The molecule has 2 aromatic rings. The first kappa shape index (κ1) is 20.6. The number of ether oxygens (including phenoxy) is 1. The number of nitrogens with zero attached hydrogens (tertiary/aromatic N) is 1. The average Bonchev–Trinajstić information content (AvgIpc) is 2.70. The molecule has 2 rings (SSSR count). The van der Waals surface area contributed by atoms with Crippen LogP contribution in [0.3, 0.4) is 0 Å². The van der Waals surface area contributed by atoms with Gasteiger partial charge in [-0.2, -0.15) is 5.26 Å². The van der Waals surface area contributed by atoms with Crippen molar-refractivity contribution in [1.82, 2.24) is 10.6 Å². The monoisotopic (exact) mass is 379 g/mol. The zero-order valence-electron chi connectivity index (χ0n) is 15.7. The minimum absolute atomic E-state index is 0.224. The van der Waals surface area contributed by atoms with Gasteiger partial charge < -0.3 is 10.1 Å². The Morgan fingerprint density at radius 3 is 2.36 bits per heavy atom. The highest BCUT2D eigenvalue weighted by Crippen LogP contribution is 2.27. The molecule has 0 aromatic heterocycles. The van der Waals surface area contributed by atoms with Crippen LogP contribution in [0.1, 0.15) is 29.8 Å². The minimum Gasteiger partial charge on any atom is -0.452 e. The summed E-state index contributed by atoms with van der Waals surface area (Å²) in [4.78, 5) is 35.8. The Bertz CT molecular complexity index is 916. The number of imide groups is 1. The number of amides is 3. The van der Waals surface area contributed by atoms with Crippen LogP contribution in [-0.2, 0) is 9.53 Å². The summed E-state index contributed by atoms with van der Waals surface area (Å²) >= 11 is 0. The molecule has 0 spiro atoms. The first-order chi connectivity index (χ1) is 13.4. The van der Waals surface area contributed by atoms with E-state index in [0.29, 0.717) is 23.2 Å². The Balaban J connectivity index is 2.05. The van der Waals surface area contributed by atoms with Gasteiger partial charge in [-0.15, -0.1) is 0 Å². The molecule has 2 N–H and O–H groups in total. The van der Waals surface area contributed by atoms with Crippen molar-refractivity contribution < 1.29 is 19.1 Å². The first-order valence-corrected chi connectivity index (χ1v) is 8.75. The van der Waals surface area contributed by atoms with Gasteiger partial charge in [0.1, 0.15) is 0 Å². The van der Waals surface area contributed by atoms with Gasteiger partial charge in [0.2, 0.25) is 0 Å². The second-order valence-corrected chi connectivity index (χ2v) is 6.43. The quantitative estimate of drug-likeness (QED) is 0.750. The molecular weight excluding hydrogens is 358 g/mol. The lowest BCUT2D eigenvalue weighted by molar-refractivity contribution is -0.123. The van der Waals surface area contributed by atoms with Crippen molar-refractivity contribution >= 4 is 17.9 Å². The van der Waals surface area contributed by atoms with Crippen LogP contribution in [0.4, 0.5) is 4.79 Å². The Labute approximate surface area is 163 Å². The molecule has 2 aromatic carbocycles. The standard InChI is InChI=1S/C21H21N3O4/c1-14(2)12-23-21(27)24-19(25)13-28-20(26)18-10-6-5-9-17(18)16-8-4-3-7-15(16)11-22/h3-10,14H,12-13H2,1-2H3,(H2,23,24,25,27). The van der Waals surface area contributed by atoms with Gasteiger partial charge in [0.05, 0.1) is 17.2 Å². The highest BCUT2D eigenvalue weighted by atomic mass is 16.5. The summed E-state index contributed by atoms with van der Waals surface area (Å²) in [5.41, 5.74) is 1.76. The SMILES string of the molecule is CC(C)CNC(=O)NC(=O)COC(=O)c1ccccc1-c1ccccc1C#N. The van der Waals surface area contributed by atoms with Crippen molar-refractivity contribution in [2.75, 3.05) is 13.2 Å². The summed E-state index contributed by atoms with van der Waals surface area (Å²) in [6, 6.07) is 15.0. The van der Waals surface area contributed by atoms with E-state index in [1.54, 1.807) is 48.5 Å². The summed E-state index contributed by atoms with van der Waals surface area (Å²) in [5.74, 6) is -1.21. The van der Waals surface area contributed by atoms with Crippen molar-refractivity contribution in [1.29, 1.82) is 5.26 Å². The average molecular weight is 379 g/mol. The molecule has 0 unspecified atom stereocenters. The van der Waals surface area contributed by atoms with Gasteiger partial charge in [0.25, 0.3) is 5.91 Å². The molecular formula is C21H21N3O4. The molecule has 0 atom stereocenters. The predicted octanol–water partition coefficient (Wildman–Crippen LogP) is 2.86. The van der Waals surface area contributed by atoms with E-state index in [9.17, 15) is 19.6 Å². The van der Waals surface area contributed by atoms with E-state index in [0.717, 1.165) is 0 Å². The largest absolute Gasteiger partial charge is 0.452 e. The summed E-state index contributed by atoms with van der Waals surface area (Å²) in [7, 11) is 0. The smallest absolute Gasteiger partial charge is 0.339 e. The molecule has 7 nitrogen and oxygen atoms in total. The molecule has 7 heteroatoms. The molecule has 28 heavy (non-hydrogen) atoms. The molecule has 0 radical (unpaired) electrons. The van der Waals surface area contributed by atoms with Crippen LogP contribution < -0.4 is 10.6 Å². The van der Waals surface area contributed by atoms with Crippen LogP contribution in [0.15, 0.2) is 48.5 Å². The van der Waals surface area contributed by atoms with Gasteiger partial charge in [-0.25, -0.2) is 9.59 Å². The summed E-state index contributed by atoms with van der Waals surface area (Å²) in [6.07, 6.45) is 0. The molecule has 0 bridgehead atoms. The lowest BCUT2D eigenvalue weighted by Crippen LogP contribution is -2.42. The van der Waals surface area contributed by atoms with Crippen molar-refractivity contribution in [2.45, 2.75) is 13.8 Å². The molecule has 0 fully saturated rings. The topological polar surface area (TPSA) is 108 Å². The number of nitriles is 1. The zero-order valence-corrected chi connectivity index (χ0v) is 15.7. The summed E-state index contributed by atoms with van der Waals surface area (Å²) in [6.45, 7) is 3.67. The molecule has 0 aliphatic rings. The third kappa shape index (κ3) is 5.68. The number of benzene rings is 2. The number of hydrogen-bond donors (Lipinski definition) is 2. The van der Waals surface area contributed by atoms with Crippen LogP contribution >= 0.6 is 0 Å². The van der Waals surface area contributed by atoms with E-state index >= 15 is 0 Å². The normalized spacial score (nSPS) is 10.1. The predicted molar refractivity (Wildman–Crippen MR) is 103 cm³/mol. The number of esters is 1. The number of rotatable bonds is 6.